The number of benzene rings is 1. The molecule has 1 heterocycles. The average molecular weight is 303 g/mol. The fourth-order valence-corrected chi connectivity index (χ4v) is 2.69. The maximum atomic E-state index is 11.9. The smallest absolute Gasteiger partial charge is 0.263 e. The predicted octanol–water partition coefficient (Wildman–Crippen LogP) is 2.32. The highest BCUT2D eigenvalue weighted by Crippen LogP contribution is 2.34. The summed E-state index contributed by atoms with van der Waals surface area (Å²) < 4.78 is 5.81. The van der Waals surface area contributed by atoms with E-state index in [2.05, 4.69) is 5.32 Å². The summed E-state index contributed by atoms with van der Waals surface area (Å²) in [5.41, 5.74) is 0.849. The van der Waals surface area contributed by atoms with E-state index in [1.165, 1.54) is 0 Å². The van der Waals surface area contributed by atoms with Gasteiger partial charge in [0.15, 0.2) is 6.10 Å². The number of nitrogens with zero attached hydrogens (tertiary/aromatic N) is 1. The van der Waals surface area contributed by atoms with Gasteiger partial charge in [0.2, 0.25) is 0 Å². The van der Waals surface area contributed by atoms with E-state index in [0.717, 1.165) is 5.56 Å². The minimum absolute atomic E-state index is 0.0126. The van der Waals surface area contributed by atoms with E-state index in [1.807, 2.05) is 7.05 Å². The molecule has 0 saturated carbocycles. The van der Waals surface area contributed by atoms with Crippen molar-refractivity contribution < 1.29 is 9.53 Å². The third kappa shape index (κ3) is 3.14. The van der Waals surface area contributed by atoms with E-state index < -0.39 is 6.10 Å². The van der Waals surface area contributed by atoms with Gasteiger partial charge in [-0.05, 0) is 19.2 Å². The average Bonchev–Trinajstić information content (AvgIpc) is 2.65. The first-order chi connectivity index (χ1) is 9.02. The van der Waals surface area contributed by atoms with Crippen LogP contribution in [0.15, 0.2) is 12.1 Å². The Kier molecular flexibility index (Phi) is 4.55. The van der Waals surface area contributed by atoms with E-state index >= 15 is 0 Å². The molecule has 1 atom stereocenters. The van der Waals surface area contributed by atoms with Crippen LogP contribution < -0.4 is 10.1 Å². The Labute approximate surface area is 122 Å². The zero-order valence-electron chi connectivity index (χ0n) is 10.9. The van der Waals surface area contributed by atoms with Gasteiger partial charge >= 0.3 is 0 Å². The fourth-order valence-electron chi connectivity index (χ4n) is 2.11. The van der Waals surface area contributed by atoms with Crippen molar-refractivity contribution in [1.82, 2.24) is 10.2 Å². The second-order valence-corrected chi connectivity index (χ2v) is 5.40. The lowest BCUT2D eigenvalue weighted by Gasteiger charge is -2.17. The Morgan fingerprint density at radius 3 is 2.79 bits per heavy atom. The molecular formula is C13H16Cl2N2O2. The van der Waals surface area contributed by atoms with Crippen LogP contribution in [0.5, 0.6) is 5.75 Å². The van der Waals surface area contributed by atoms with Gasteiger partial charge in [-0.3, -0.25) is 4.79 Å². The minimum Gasteiger partial charge on any atom is -0.479 e. The van der Waals surface area contributed by atoms with Gasteiger partial charge in [0.05, 0.1) is 5.02 Å². The molecule has 19 heavy (non-hydrogen) atoms. The van der Waals surface area contributed by atoms with Crippen molar-refractivity contribution in [3.05, 3.63) is 27.7 Å². The van der Waals surface area contributed by atoms with E-state index in [0.29, 0.717) is 35.3 Å². The SMILES string of the molecule is CNCc1cc(Cl)cc(Cl)c1OC1CCN(C)C1=O. The van der Waals surface area contributed by atoms with Crippen molar-refractivity contribution in [2.45, 2.75) is 19.1 Å². The van der Waals surface area contributed by atoms with Gasteiger partial charge in [-0.15, -0.1) is 0 Å². The molecule has 1 amide bonds. The first kappa shape index (κ1) is 14.4. The molecule has 1 aliphatic heterocycles. The zero-order valence-corrected chi connectivity index (χ0v) is 12.4. The number of hydrogen-bond donors (Lipinski definition) is 1. The van der Waals surface area contributed by atoms with Crippen LogP contribution in [0.3, 0.4) is 0 Å². The number of halogens is 2. The Hall–Kier alpha value is -0.970. The highest BCUT2D eigenvalue weighted by atomic mass is 35.5. The van der Waals surface area contributed by atoms with E-state index in [4.69, 9.17) is 27.9 Å². The predicted molar refractivity (Wildman–Crippen MR) is 75.9 cm³/mol. The van der Waals surface area contributed by atoms with Crippen LogP contribution in [0.4, 0.5) is 0 Å². The summed E-state index contributed by atoms with van der Waals surface area (Å²) in [4.78, 5) is 13.5. The number of rotatable bonds is 4. The third-order valence-electron chi connectivity index (χ3n) is 3.09. The molecular weight excluding hydrogens is 287 g/mol. The second kappa shape index (κ2) is 5.99. The summed E-state index contributed by atoms with van der Waals surface area (Å²) in [5.74, 6) is 0.524. The number of amides is 1. The lowest BCUT2D eigenvalue weighted by atomic mass is 10.2. The van der Waals surface area contributed by atoms with Crippen molar-refractivity contribution in [3.63, 3.8) is 0 Å². The van der Waals surface area contributed by atoms with Gasteiger partial charge in [-0.2, -0.15) is 0 Å². The largest absolute Gasteiger partial charge is 0.479 e. The van der Waals surface area contributed by atoms with E-state index in [-0.39, 0.29) is 5.91 Å². The number of likely N-dealkylation sites (N-methyl/N-ethyl adjacent to an activating group) is 1. The molecule has 1 N–H and O–H groups in total. The van der Waals surface area contributed by atoms with Crippen molar-refractivity contribution >= 4 is 29.1 Å². The van der Waals surface area contributed by atoms with Crippen molar-refractivity contribution in [1.29, 1.82) is 0 Å². The number of nitrogens with one attached hydrogen (secondary N) is 1. The standard InChI is InChI=1S/C13H16Cl2N2O2/c1-16-7-8-5-9(14)6-10(15)12(8)19-11-3-4-17(2)13(11)18/h5-6,11,16H,3-4,7H2,1-2H3. The number of likely N-dealkylation sites (tertiary alicyclic amines) is 1. The molecule has 1 unspecified atom stereocenters. The third-order valence-corrected chi connectivity index (χ3v) is 3.59. The van der Waals surface area contributed by atoms with E-state index in [1.54, 1.807) is 24.1 Å². The summed E-state index contributed by atoms with van der Waals surface area (Å²) in [6.45, 7) is 1.28. The van der Waals surface area contributed by atoms with Crippen LogP contribution in [0, 0.1) is 0 Å². The lowest BCUT2D eigenvalue weighted by Crippen LogP contribution is -2.29. The van der Waals surface area contributed by atoms with Crippen LogP contribution in [0.25, 0.3) is 0 Å². The van der Waals surface area contributed by atoms with Gasteiger partial charge in [0.25, 0.3) is 5.91 Å². The summed E-state index contributed by atoms with van der Waals surface area (Å²) in [5, 5.41) is 4.01. The summed E-state index contributed by atoms with van der Waals surface area (Å²) in [6, 6.07) is 3.42. The number of ether oxygens (including phenoxy) is 1. The first-order valence-corrected chi connectivity index (χ1v) is 6.82. The summed E-state index contributed by atoms with van der Waals surface area (Å²) in [7, 11) is 3.59. The highest BCUT2D eigenvalue weighted by molar-refractivity contribution is 6.35. The van der Waals surface area contributed by atoms with Crippen LogP contribution >= 0.6 is 23.2 Å². The summed E-state index contributed by atoms with van der Waals surface area (Å²) >= 11 is 12.2. The Bertz CT molecular complexity index is 494. The van der Waals surface area contributed by atoms with Crippen LogP contribution in [-0.4, -0.2) is 37.6 Å². The molecule has 4 nitrogen and oxygen atoms in total. The van der Waals surface area contributed by atoms with Gasteiger partial charge in [0, 0.05) is 37.1 Å². The quantitative estimate of drug-likeness (QED) is 0.928. The van der Waals surface area contributed by atoms with E-state index in [9.17, 15) is 4.79 Å². The molecule has 0 bridgehead atoms. The molecule has 1 fully saturated rings. The summed E-state index contributed by atoms with van der Waals surface area (Å²) in [6.07, 6.45) is 0.215. The molecule has 6 heteroatoms. The molecule has 104 valence electrons. The molecule has 1 saturated heterocycles. The lowest BCUT2D eigenvalue weighted by molar-refractivity contribution is -0.132. The Balaban J connectivity index is 2.26. The number of hydrogen-bond acceptors (Lipinski definition) is 3. The Morgan fingerprint density at radius 2 is 2.21 bits per heavy atom. The van der Waals surface area contributed by atoms with Crippen molar-refractivity contribution in [3.8, 4) is 5.75 Å². The molecule has 0 spiro atoms. The normalized spacial score (nSPS) is 19.1. The van der Waals surface area contributed by atoms with Crippen LogP contribution in [0.2, 0.25) is 10.0 Å². The van der Waals surface area contributed by atoms with Crippen molar-refractivity contribution in [2.75, 3.05) is 20.6 Å². The molecule has 1 aromatic rings. The monoisotopic (exact) mass is 302 g/mol. The first-order valence-electron chi connectivity index (χ1n) is 6.07. The topological polar surface area (TPSA) is 41.6 Å². The molecule has 1 aliphatic rings. The maximum absolute atomic E-state index is 11.9. The minimum atomic E-state index is -0.459. The second-order valence-electron chi connectivity index (χ2n) is 4.56. The molecule has 0 radical (unpaired) electrons. The number of carbonyl (C=O) groups is 1. The molecule has 0 aliphatic carbocycles. The van der Waals surface area contributed by atoms with Gasteiger partial charge in [-0.25, -0.2) is 0 Å². The van der Waals surface area contributed by atoms with Crippen LogP contribution in [0.1, 0.15) is 12.0 Å². The van der Waals surface area contributed by atoms with Gasteiger partial charge in [0.1, 0.15) is 5.75 Å². The fraction of sp³-hybridized carbons (Fsp3) is 0.462. The maximum Gasteiger partial charge on any atom is 0.263 e. The van der Waals surface area contributed by atoms with Gasteiger partial charge < -0.3 is 15.0 Å². The van der Waals surface area contributed by atoms with Gasteiger partial charge in [-0.1, -0.05) is 23.2 Å². The molecule has 0 aromatic heterocycles. The Morgan fingerprint density at radius 1 is 1.47 bits per heavy atom. The van der Waals surface area contributed by atoms with Crippen molar-refractivity contribution in [2.24, 2.45) is 0 Å². The zero-order chi connectivity index (χ0) is 14.0. The number of carbonyl (C=O) groups excluding carboxylic acids is 1. The molecule has 2 rings (SSSR count). The highest BCUT2D eigenvalue weighted by Gasteiger charge is 2.31. The molecule has 1 aromatic carbocycles. The van der Waals surface area contributed by atoms with Crippen LogP contribution in [-0.2, 0) is 11.3 Å².